The minimum Gasteiger partial charge on any atom is -0.355 e. The number of carbonyl (C=O) groups is 2. The van der Waals surface area contributed by atoms with Crippen LogP contribution >= 0.6 is 0 Å². The SMILES string of the molecule is CCCNCCNC(=O)C1CCC(NC(=O)C2CCCC2)CC1. The monoisotopic (exact) mass is 323 g/mol. The first-order valence-corrected chi connectivity index (χ1v) is 9.49. The Morgan fingerprint density at radius 1 is 0.826 bits per heavy atom. The Labute approximate surface area is 140 Å². The van der Waals surface area contributed by atoms with Gasteiger partial charge in [-0.3, -0.25) is 9.59 Å². The van der Waals surface area contributed by atoms with Crippen molar-refractivity contribution in [1.29, 1.82) is 0 Å². The highest BCUT2D eigenvalue weighted by molar-refractivity contribution is 5.80. The summed E-state index contributed by atoms with van der Waals surface area (Å²) >= 11 is 0. The van der Waals surface area contributed by atoms with Crippen LogP contribution in [0.15, 0.2) is 0 Å². The summed E-state index contributed by atoms with van der Waals surface area (Å²) in [5, 5.41) is 9.52. The van der Waals surface area contributed by atoms with Gasteiger partial charge in [0.2, 0.25) is 11.8 Å². The maximum atomic E-state index is 12.2. The van der Waals surface area contributed by atoms with Crippen LogP contribution < -0.4 is 16.0 Å². The summed E-state index contributed by atoms with van der Waals surface area (Å²) in [5.41, 5.74) is 0. The summed E-state index contributed by atoms with van der Waals surface area (Å²) < 4.78 is 0. The maximum absolute atomic E-state index is 12.2. The predicted molar refractivity (Wildman–Crippen MR) is 92.0 cm³/mol. The molecule has 0 aromatic heterocycles. The van der Waals surface area contributed by atoms with Gasteiger partial charge in [0.25, 0.3) is 0 Å². The molecule has 0 aromatic carbocycles. The molecule has 2 amide bonds. The van der Waals surface area contributed by atoms with E-state index in [-0.39, 0.29) is 29.7 Å². The van der Waals surface area contributed by atoms with Crippen LogP contribution in [0.3, 0.4) is 0 Å². The third-order valence-electron chi connectivity index (χ3n) is 5.20. The summed E-state index contributed by atoms with van der Waals surface area (Å²) in [7, 11) is 0. The van der Waals surface area contributed by atoms with Crippen LogP contribution in [-0.4, -0.2) is 37.5 Å². The van der Waals surface area contributed by atoms with Crippen molar-refractivity contribution in [3.8, 4) is 0 Å². The minimum absolute atomic E-state index is 0.126. The molecule has 3 N–H and O–H groups in total. The summed E-state index contributed by atoms with van der Waals surface area (Å²) in [5.74, 6) is 0.800. The number of hydrogen-bond donors (Lipinski definition) is 3. The van der Waals surface area contributed by atoms with E-state index in [9.17, 15) is 9.59 Å². The third-order valence-corrected chi connectivity index (χ3v) is 5.20. The van der Waals surface area contributed by atoms with Crippen molar-refractivity contribution in [3.63, 3.8) is 0 Å². The molecule has 2 rings (SSSR count). The topological polar surface area (TPSA) is 70.2 Å². The molecular weight excluding hydrogens is 290 g/mol. The van der Waals surface area contributed by atoms with Crippen LogP contribution in [-0.2, 0) is 9.59 Å². The molecule has 2 fully saturated rings. The van der Waals surface area contributed by atoms with Gasteiger partial charge in [-0.1, -0.05) is 19.8 Å². The van der Waals surface area contributed by atoms with Gasteiger partial charge in [-0.2, -0.15) is 0 Å². The Kier molecular flexibility index (Phi) is 7.86. The number of nitrogens with one attached hydrogen (secondary N) is 3. The van der Waals surface area contributed by atoms with E-state index in [1.54, 1.807) is 0 Å². The molecule has 5 nitrogen and oxygen atoms in total. The molecule has 0 aliphatic heterocycles. The number of hydrogen-bond acceptors (Lipinski definition) is 3. The largest absolute Gasteiger partial charge is 0.355 e. The fourth-order valence-electron chi connectivity index (χ4n) is 3.73. The van der Waals surface area contributed by atoms with Crippen LogP contribution in [0.4, 0.5) is 0 Å². The molecule has 0 aromatic rings. The molecule has 23 heavy (non-hydrogen) atoms. The number of rotatable bonds is 8. The molecule has 132 valence electrons. The minimum atomic E-state index is 0.126. The Balaban J connectivity index is 1.59. The summed E-state index contributed by atoms with van der Waals surface area (Å²) in [4.78, 5) is 24.3. The molecule has 5 heteroatoms. The zero-order valence-corrected chi connectivity index (χ0v) is 14.5. The van der Waals surface area contributed by atoms with Crippen LogP contribution in [0.25, 0.3) is 0 Å². The molecule has 2 aliphatic rings. The van der Waals surface area contributed by atoms with E-state index in [1.807, 2.05) is 0 Å². The van der Waals surface area contributed by atoms with Crippen molar-refractivity contribution in [2.75, 3.05) is 19.6 Å². The smallest absolute Gasteiger partial charge is 0.223 e. The Hall–Kier alpha value is -1.10. The number of carbonyl (C=O) groups excluding carboxylic acids is 2. The lowest BCUT2D eigenvalue weighted by Gasteiger charge is -2.29. The summed E-state index contributed by atoms with van der Waals surface area (Å²) in [6.45, 7) is 4.68. The lowest BCUT2D eigenvalue weighted by atomic mass is 9.85. The fourth-order valence-corrected chi connectivity index (χ4v) is 3.73. The first-order chi connectivity index (χ1) is 11.2. The highest BCUT2D eigenvalue weighted by Gasteiger charge is 2.29. The quantitative estimate of drug-likeness (QED) is 0.598. The van der Waals surface area contributed by atoms with Crippen molar-refractivity contribution in [2.24, 2.45) is 11.8 Å². The van der Waals surface area contributed by atoms with Crippen molar-refractivity contribution in [3.05, 3.63) is 0 Å². The second-order valence-corrected chi connectivity index (χ2v) is 7.08. The van der Waals surface area contributed by atoms with Gasteiger partial charge in [0, 0.05) is 31.0 Å². The van der Waals surface area contributed by atoms with E-state index in [1.165, 1.54) is 12.8 Å². The van der Waals surface area contributed by atoms with Crippen LogP contribution in [0.2, 0.25) is 0 Å². The van der Waals surface area contributed by atoms with E-state index >= 15 is 0 Å². The van der Waals surface area contributed by atoms with E-state index in [0.717, 1.165) is 58.0 Å². The molecule has 2 saturated carbocycles. The molecule has 0 bridgehead atoms. The van der Waals surface area contributed by atoms with Gasteiger partial charge in [0.15, 0.2) is 0 Å². The van der Waals surface area contributed by atoms with Gasteiger partial charge >= 0.3 is 0 Å². The normalized spacial score (nSPS) is 25.3. The Bertz CT molecular complexity index is 372. The molecule has 2 aliphatic carbocycles. The Morgan fingerprint density at radius 3 is 2.13 bits per heavy atom. The van der Waals surface area contributed by atoms with Crippen molar-refractivity contribution in [1.82, 2.24) is 16.0 Å². The van der Waals surface area contributed by atoms with Gasteiger partial charge in [-0.25, -0.2) is 0 Å². The van der Waals surface area contributed by atoms with Crippen LogP contribution in [0.5, 0.6) is 0 Å². The van der Waals surface area contributed by atoms with E-state index in [0.29, 0.717) is 6.54 Å². The summed E-state index contributed by atoms with van der Waals surface area (Å²) in [6.07, 6.45) is 9.26. The molecule has 0 spiro atoms. The zero-order valence-electron chi connectivity index (χ0n) is 14.5. The van der Waals surface area contributed by atoms with E-state index in [4.69, 9.17) is 0 Å². The van der Waals surface area contributed by atoms with E-state index < -0.39 is 0 Å². The van der Waals surface area contributed by atoms with Crippen molar-refractivity contribution >= 4 is 11.8 Å². The Morgan fingerprint density at radius 2 is 1.48 bits per heavy atom. The summed E-state index contributed by atoms with van der Waals surface area (Å²) in [6, 6.07) is 0.276. The zero-order chi connectivity index (χ0) is 16.5. The molecule has 0 unspecified atom stereocenters. The third kappa shape index (κ3) is 6.13. The van der Waals surface area contributed by atoms with Crippen molar-refractivity contribution in [2.45, 2.75) is 70.8 Å². The van der Waals surface area contributed by atoms with Crippen molar-refractivity contribution < 1.29 is 9.59 Å². The highest BCUT2D eigenvalue weighted by Crippen LogP contribution is 2.27. The lowest BCUT2D eigenvalue weighted by molar-refractivity contribution is -0.126. The van der Waals surface area contributed by atoms with Gasteiger partial charge in [0.1, 0.15) is 0 Å². The second kappa shape index (κ2) is 9.91. The molecule has 0 heterocycles. The average molecular weight is 323 g/mol. The van der Waals surface area contributed by atoms with Crippen LogP contribution in [0.1, 0.15) is 64.7 Å². The van der Waals surface area contributed by atoms with Gasteiger partial charge in [-0.05, 0) is 51.5 Å². The van der Waals surface area contributed by atoms with Gasteiger partial charge in [0.05, 0.1) is 0 Å². The van der Waals surface area contributed by atoms with E-state index in [2.05, 4.69) is 22.9 Å². The standard InChI is InChI=1S/C18H33N3O2/c1-2-11-19-12-13-20-17(22)15-7-9-16(10-8-15)21-18(23)14-5-3-4-6-14/h14-16,19H,2-13H2,1H3,(H,20,22)(H,21,23). The first-order valence-electron chi connectivity index (χ1n) is 9.49. The van der Waals surface area contributed by atoms with Gasteiger partial charge < -0.3 is 16.0 Å². The fraction of sp³-hybridized carbons (Fsp3) is 0.889. The molecule has 0 radical (unpaired) electrons. The molecular formula is C18H33N3O2. The second-order valence-electron chi connectivity index (χ2n) is 7.08. The van der Waals surface area contributed by atoms with Crippen LogP contribution in [0, 0.1) is 11.8 Å². The van der Waals surface area contributed by atoms with Gasteiger partial charge in [-0.15, -0.1) is 0 Å². The lowest BCUT2D eigenvalue weighted by Crippen LogP contribution is -2.43. The molecule has 0 saturated heterocycles. The molecule has 0 atom stereocenters. The maximum Gasteiger partial charge on any atom is 0.223 e. The highest BCUT2D eigenvalue weighted by atomic mass is 16.2. The first kappa shape index (κ1) is 18.2. The predicted octanol–water partition coefficient (Wildman–Crippen LogP) is 1.97. The number of amides is 2. The average Bonchev–Trinajstić information content (AvgIpc) is 3.10.